The molecule has 0 radical (unpaired) electrons. The second kappa shape index (κ2) is 7.76. The lowest BCUT2D eigenvalue weighted by Gasteiger charge is -2.15. The predicted molar refractivity (Wildman–Crippen MR) is 119 cm³/mol. The van der Waals surface area contributed by atoms with Crippen LogP contribution >= 0.6 is 0 Å². The summed E-state index contributed by atoms with van der Waals surface area (Å²) in [4.78, 5) is 25.8. The molecule has 0 aliphatic carbocycles. The van der Waals surface area contributed by atoms with E-state index in [1.54, 1.807) is 43.3 Å². The van der Waals surface area contributed by atoms with Crippen LogP contribution in [0.2, 0.25) is 0 Å². The van der Waals surface area contributed by atoms with Gasteiger partial charge in [-0.3, -0.25) is 9.59 Å². The van der Waals surface area contributed by atoms with Crippen LogP contribution in [0.3, 0.4) is 0 Å². The fourth-order valence-electron chi connectivity index (χ4n) is 3.50. The third-order valence-electron chi connectivity index (χ3n) is 5.06. The number of fused-ring (bicyclic) bond motifs is 2. The Morgan fingerprint density at radius 1 is 0.867 bits per heavy atom. The summed E-state index contributed by atoms with van der Waals surface area (Å²) in [6.07, 6.45) is 0. The van der Waals surface area contributed by atoms with Gasteiger partial charge in [-0.05, 0) is 48.5 Å². The summed E-state index contributed by atoms with van der Waals surface area (Å²) in [5, 5.41) is 3.91. The van der Waals surface area contributed by atoms with Crippen molar-refractivity contribution in [1.82, 2.24) is 4.57 Å². The summed E-state index contributed by atoms with van der Waals surface area (Å²) in [6, 6.07) is 20.5. The highest BCUT2D eigenvalue weighted by molar-refractivity contribution is 7.91. The molecule has 30 heavy (non-hydrogen) atoms. The molecule has 0 aliphatic heterocycles. The molecular formula is C23H20N2O4S. The van der Waals surface area contributed by atoms with Crippen LogP contribution in [0.15, 0.2) is 82.5 Å². The zero-order chi connectivity index (χ0) is 21.3. The average molecular weight is 420 g/mol. The molecule has 6 nitrogen and oxygen atoms in total. The zero-order valence-corrected chi connectivity index (χ0v) is 17.1. The average Bonchev–Trinajstić information content (AvgIpc) is 2.77. The smallest absolute Gasteiger partial charge is 0.244 e. The van der Waals surface area contributed by atoms with Crippen LogP contribution in [0.1, 0.15) is 6.92 Å². The zero-order valence-electron chi connectivity index (χ0n) is 16.3. The number of carbonyl (C=O) groups is 1. The van der Waals surface area contributed by atoms with Gasteiger partial charge in [0.1, 0.15) is 6.54 Å². The Bertz CT molecular complexity index is 1360. The van der Waals surface area contributed by atoms with Crippen LogP contribution in [0.25, 0.3) is 21.8 Å². The fourth-order valence-corrected chi connectivity index (χ4v) is 4.39. The highest BCUT2D eigenvalue weighted by Crippen LogP contribution is 2.20. The van der Waals surface area contributed by atoms with Gasteiger partial charge in [-0.25, -0.2) is 8.42 Å². The van der Waals surface area contributed by atoms with Crippen LogP contribution in [-0.4, -0.2) is 24.6 Å². The Kier molecular flexibility index (Phi) is 5.13. The van der Waals surface area contributed by atoms with Gasteiger partial charge in [-0.2, -0.15) is 0 Å². The minimum absolute atomic E-state index is 0.0102. The van der Waals surface area contributed by atoms with Crippen molar-refractivity contribution in [3.05, 3.63) is 83.0 Å². The number of sulfone groups is 1. The standard InChI is InChI=1S/C23H20N2O4S/c1-2-30(28,29)17-13-11-16(12-14-17)24-22(26)15-25-20-9-5-3-7-18(20)23(27)19-8-4-6-10-21(19)25/h3-14H,2,15H2,1H3,(H,24,26). The first kappa shape index (κ1) is 19.8. The Balaban J connectivity index is 1.68. The maximum Gasteiger partial charge on any atom is 0.244 e. The number of hydrogen-bond donors (Lipinski definition) is 1. The van der Waals surface area contributed by atoms with Crippen molar-refractivity contribution in [2.75, 3.05) is 11.1 Å². The van der Waals surface area contributed by atoms with Gasteiger partial charge in [-0.15, -0.1) is 0 Å². The molecule has 0 aliphatic rings. The fraction of sp³-hybridized carbons (Fsp3) is 0.130. The van der Waals surface area contributed by atoms with Crippen molar-refractivity contribution < 1.29 is 13.2 Å². The summed E-state index contributed by atoms with van der Waals surface area (Å²) < 4.78 is 25.7. The Morgan fingerprint density at radius 3 is 1.93 bits per heavy atom. The molecule has 4 rings (SSSR count). The summed E-state index contributed by atoms with van der Waals surface area (Å²) in [5.41, 5.74) is 1.80. The molecule has 1 amide bonds. The van der Waals surface area contributed by atoms with E-state index in [4.69, 9.17) is 0 Å². The third-order valence-corrected chi connectivity index (χ3v) is 6.81. The molecule has 0 saturated heterocycles. The molecule has 0 saturated carbocycles. The molecule has 7 heteroatoms. The molecule has 0 fully saturated rings. The van der Waals surface area contributed by atoms with Gasteiger partial charge in [-0.1, -0.05) is 31.2 Å². The van der Waals surface area contributed by atoms with Crippen LogP contribution in [0.5, 0.6) is 0 Å². The van der Waals surface area contributed by atoms with E-state index >= 15 is 0 Å². The number of pyridine rings is 1. The normalized spacial score (nSPS) is 11.6. The van der Waals surface area contributed by atoms with Gasteiger partial charge < -0.3 is 9.88 Å². The minimum Gasteiger partial charge on any atom is -0.331 e. The lowest BCUT2D eigenvalue weighted by Crippen LogP contribution is -2.21. The largest absolute Gasteiger partial charge is 0.331 e. The van der Waals surface area contributed by atoms with Crippen LogP contribution < -0.4 is 10.7 Å². The topological polar surface area (TPSA) is 85.2 Å². The van der Waals surface area contributed by atoms with Crippen molar-refractivity contribution >= 4 is 43.2 Å². The van der Waals surface area contributed by atoms with Gasteiger partial charge >= 0.3 is 0 Å². The number of nitrogens with zero attached hydrogens (tertiary/aromatic N) is 1. The maximum absolute atomic E-state index is 12.8. The quantitative estimate of drug-likeness (QED) is 0.500. The summed E-state index contributed by atoms with van der Waals surface area (Å²) in [5.74, 6) is -0.259. The number of anilines is 1. The number of benzene rings is 3. The summed E-state index contributed by atoms with van der Waals surface area (Å²) in [6.45, 7) is 1.60. The van der Waals surface area contributed by atoms with E-state index < -0.39 is 9.84 Å². The van der Waals surface area contributed by atoms with Crippen LogP contribution in [-0.2, 0) is 21.2 Å². The number of para-hydroxylation sites is 2. The Hall–Kier alpha value is -3.45. The lowest BCUT2D eigenvalue weighted by atomic mass is 10.1. The molecule has 0 unspecified atom stereocenters. The maximum atomic E-state index is 12.8. The monoisotopic (exact) mass is 420 g/mol. The molecule has 1 N–H and O–H groups in total. The van der Waals surface area contributed by atoms with E-state index in [0.29, 0.717) is 27.5 Å². The molecule has 4 aromatic rings. The van der Waals surface area contributed by atoms with E-state index in [2.05, 4.69) is 5.32 Å². The number of amides is 1. The van der Waals surface area contributed by atoms with E-state index in [0.717, 1.165) is 0 Å². The third kappa shape index (κ3) is 3.59. The van der Waals surface area contributed by atoms with Crippen LogP contribution in [0, 0.1) is 0 Å². The van der Waals surface area contributed by atoms with E-state index in [-0.39, 0.29) is 28.5 Å². The minimum atomic E-state index is -3.29. The number of nitrogens with one attached hydrogen (secondary N) is 1. The van der Waals surface area contributed by atoms with Crippen molar-refractivity contribution in [2.24, 2.45) is 0 Å². The van der Waals surface area contributed by atoms with Crippen molar-refractivity contribution in [2.45, 2.75) is 18.4 Å². The van der Waals surface area contributed by atoms with Crippen molar-refractivity contribution in [1.29, 1.82) is 0 Å². The van der Waals surface area contributed by atoms with Crippen molar-refractivity contribution in [3.8, 4) is 0 Å². The first-order chi connectivity index (χ1) is 14.4. The molecule has 1 heterocycles. The molecular weight excluding hydrogens is 400 g/mol. The Morgan fingerprint density at radius 2 is 1.40 bits per heavy atom. The Labute approximate surface area is 173 Å². The number of carbonyl (C=O) groups excluding carboxylic acids is 1. The van der Waals surface area contributed by atoms with Crippen LogP contribution in [0.4, 0.5) is 5.69 Å². The van der Waals surface area contributed by atoms with Gasteiger partial charge in [0.25, 0.3) is 0 Å². The van der Waals surface area contributed by atoms with Gasteiger partial charge in [0.05, 0.1) is 21.7 Å². The highest BCUT2D eigenvalue weighted by atomic mass is 32.2. The summed E-state index contributed by atoms with van der Waals surface area (Å²) >= 11 is 0. The number of hydrogen-bond acceptors (Lipinski definition) is 4. The molecule has 0 spiro atoms. The van der Waals surface area contributed by atoms with E-state index in [1.165, 1.54) is 12.1 Å². The van der Waals surface area contributed by atoms with Gasteiger partial charge in [0, 0.05) is 16.5 Å². The second-order valence-corrected chi connectivity index (χ2v) is 9.20. The molecule has 0 bridgehead atoms. The lowest BCUT2D eigenvalue weighted by molar-refractivity contribution is -0.116. The molecule has 0 atom stereocenters. The summed E-state index contributed by atoms with van der Waals surface area (Å²) in [7, 11) is -3.29. The number of aromatic nitrogens is 1. The number of rotatable bonds is 5. The van der Waals surface area contributed by atoms with E-state index in [9.17, 15) is 18.0 Å². The molecule has 152 valence electrons. The first-order valence-electron chi connectivity index (χ1n) is 9.53. The highest BCUT2D eigenvalue weighted by Gasteiger charge is 2.14. The van der Waals surface area contributed by atoms with Gasteiger partial charge in [0.2, 0.25) is 5.91 Å². The van der Waals surface area contributed by atoms with E-state index in [1.807, 2.05) is 28.8 Å². The molecule has 3 aromatic carbocycles. The second-order valence-electron chi connectivity index (χ2n) is 6.93. The first-order valence-corrected chi connectivity index (χ1v) is 11.2. The molecule has 1 aromatic heterocycles. The predicted octanol–water partition coefficient (Wildman–Crippen LogP) is 3.59. The van der Waals surface area contributed by atoms with Gasteiger partial charge in [0.15, 0.2) is 15.3 Å². The van der Waals surface area contributed by atoms with Crippen molar-refractivity contribution in [3.63, 3.8) is 0 Å². The SMILES string of the molecule is CCS(=O)(=O)c1ccc(NC(=O)Cn2c3ccccc3c(=O)c3ccccc32)cc1.